The first-order valence-electron chi connectivity index (χ1n) is 10.7. The van der Waals surface area contributed by atoms with Gasteiger partial charge < -0.3 is 19.1 Å². The molecule has 174 valence electrons. The van der Waals surface area contributed by atoms with Crippen LogP contribution >= 0.6 is 0 Å². The smallest absolute Gasteiger partial charge is 0.338 e. The van der Waals surface area contributed by atoms with E-state index < -0.39 is 24.0 Å². The summed E-state index contributed by atoms with van der Waals surface area (Å²) >= 11 is 0. The van der Waals surface area contributed by atoms with E-state index in [9.17, 15) is 19.2 Å². The Labute approximate surface area is 192 Å². The third kappa shape index (κ3) is 5.77. The molecule has 0 aliphatic carbocycles. The van der Waals surface area contributed by atoms with Crippen LogP contribution in [0.1, 0.15) is 47.9 Å². The molecule has 1 heterocycles. The average molecular weight is 453 g/mol. The number of nitrogens with zero attached hydrogens (tertiary/aromatic N) is 1. The van der Waals surface area contributed by atoms with Crippen LogP contribution < -0.4 is 9.64 Å². The lowest BCUT2D eigenvalue weighted by Gasteiger charge is -2.18. The maximum Gasteiger partial charge on any atom is 0.338 e. The molecule has 0 unspecified atom stereocenters. The van der Waals surface area contributed by atoms with Crippen LogP contribution in [0.4, 0.5) is 5.69 Å². The molecule has 3 rings (SSSR count). The molecule has 8 heteroatoms. The minimum atomic E-state index is -0.985. The highest BCUT2D eigenvalue weighted by atomic mass is 16.5. The number of hydrogen-bond acceptors (Lipinski definition) is 7. The Morgan fingerprint density at radius 3 is 2.09 bits per heavy atom. The first-order chi connectivity index (χ1) is 15.7. The molecule has 2 aromatic carbocycles. The highest BCUT2D eigenvalue weighted by molar-refractivity contribution is 6.02. The number of methoxy groups -OCH3 is 1. The van der Waals surface area contributed by atoms with Crippen molar-refractivity contribution in [3.05, 3.63) is 59.7 Å². The Morgan fingerprint density at radius 2 is 1.52 bits per heavy atom. The standard InChI is InChI=1S/C25H27NO7/c1-15(2)32-24(29)18-5-9-20(10-6-18)26-14-19(13-22(26)27)25(30)33-16(3)23(28)17-7-11-21(31-4)12-8-17/h5-12,15-16,19H,13-14H2,1-4H3/t16-,19-/m0/s1. The number of hydrogen-bond donors (Lipinski definition) is 0. The molecule has 2 aromatic rings. The molecule has 0 bridgehead atoms. The van der Waals surface area contributed by atoms with Gasteiger partial charge in [0.1, 0.15) is 5.75 Å². The third-order valence-electron chi connectivity index (χ3n) is 5.25. The Balaban J connectivity index is 1.60. The lowest BCUT2D eigenvalue weighted by atomic mass is 10.1. The number of Topliss-reactive ketones (excluding diaryl/α,β-unsaturated/α-hetero) is 1. The van der Waals surface area contributed by atoms with Gasteiger partial charge in [-0.3, -0.25) is 14.4 Å². The van der Waals surface area contributed by atoms with E-state index in [4.69, 9.17) is 14.2 Å². The van der Waals surface area contributed by atoms with Crippen molar-refractivity contribution in [1.29, 1.82) is 0 Å². The monoisotopic (exact) mass is 453 g/mol. The fourth-order valence-electron chi connectivity index (χ4n) is 3.49. The zero-order chi connectivity index (χ0) is 24.1. The lowest BCUT2D eigenvalue weighted by Crippen LogP contribution is -2.30. The second-order valence-corrected chi connectivity index (χ2v) is 8.08. The quantitative estimate of drug-likeness (QED) is 0.446. The Hall–Kier alpha value is -3.68. The number of anilines is 1. The topological polar surface area (TPSA) is 99.2 Å². The van der Waals surface area contributed by atoms with Gasteiger partial charge in [0, 0.05) is 24.2 Å². The highest BCUT2D eigenvalue weighted by Gasteiger charge is 2.37. The lowest BCUT2D eigenvalue weighted by molar-refractivity contribution is -0.151. The van der Waals surface area contributed by atoms with Crippen LogP contribution in [-0.4, -0.2) is 49.5 Å². The summed E-state index contributed by atoms with van der Waals surface area (Å²) < 4.78 is 15.6. The summed E-state index contributed by atoms with van der Waals surface area (Å²) in [6.45, 7) is 5.17. The van der Waals surface area contributed by atoms with Crippen LogP contribution in [0, 0.1) is 5.92 Å². The first kappa shape index (κ1) is 24.0. The molecule has 1 fully saturated rings. The van der Waals surface area contributed by atoms with Crippen molar-refractivity contribution in [2.24, 2.45) is 5.92 Å². The van der Waals surface area contributed by atoms with Crippen molar-refractivity contribution in [1.82, 2.24) is 0 Å². The predicted octanol–water partition coefficient (Wildman–Crippen LogP) is 3.43. The van der Waals surface area contributed by atoms with Crippen LogP contribution in [0.2, 0.25) is 0 Å². The molecule has 8 nitrogen and oxygen atoms in total. The van der Waals surface area contributed by atoms with E-state index in [-0.39, 0.29) is 30.8 Å². The molecule has 33 heavy (non-hydrogen) atoms. The molecule has 0 N–H and O–H groups in total. The van der Waals surface area contributed by atoms with E-state index in [1.165, 1.54) is 18.9 Å². The minimum absolute atomic E-state index is 0.0145. The molecule has 1 aliphatic rings. The van der Waals surface area contributed by atoms with Crippen LogP contribution in [-0.2, 0) is 19.1 Å². The fourth-order valence-corrected chi connectivity index (χ4v) is 3.49. The highest BCUT2D eigenvalue weighted by Crippen LogP contribution is 2.27. The van der Waals surface area contributed by atoms with Gasteiger partial charge in [-0.15, -0.1) is 0 Å². The van der Waals surface area contributed by atoms with Gasteiger partial charge in [-0.25, -0.2) is 4.79 Å². The van der Waals surface area contributed by atoms with Crippen molar-refractivity contribution in [2.75, 3.05) is 18.6 Å². The number of esters is 2. The van der Waals surface area contributed by atoms with Crippen molar-refractivity contribution in [2.45, 2.75) is 39.4 Å². The normalized spacial score (nSPS) is 16.5. The second kappa shape index (κ2) is 10.3. The molecule has 0 radical (unpaired) electrons. The van der Waals surface area contributed by atoms with Gasteiger partial charge in [-0.05, 0) is 69.3 Å². The molecule has 0 aromatic heterocycles. The Bertz CT molecular complexity index is 1030. The van der Waals surface area contributed by atoms with Crippen LogP contribution in [0.15, 0.2) is 48.5 Å². The summed E-state index contributed by atoms with van der Waals surface area (Å²) in [5.41, 5.74) is 1.34. The van der Waals surface area contributed by atoms with Gasteiger partial charge in [-0.2, -0.15) is 0 Å². The molecular formula is C25H27NO7. The van der Waals surface area contributed by atoms with Gasteiger partial charge in [0.15, 0.2) is 6.10 Å². The number of carbonyl (C=O) groups is 4. The van der Waals surface area contributed by atoms with Gasteiger partial charge >= 0.3 is 11.9 Å². The number of ketones is 1. The van der Waals surface area contributed by atoms with Crippen molar-refractivity contribution < 1.29 is 33.4 Å². The Kier molecular flexibility index (Phi) is 7.48. The predicted molar refractivity (Wildman–Crippen MR) is 120 cm³/mol. The Morgan fingerprint density at radius 1 is 0.909 bits per heavy atom. The van der Waals surface area contributed by atoms with E-state index in [1.807, 2.05) is 0 Å². The van der Waals surface area contributed by atoms with Crippen LogP contribution in [0.5, 0.6) is 5.75 Å². The molecule has 0 saturated carbocycles. The second-order valence-electron chi connectivity index (χ2n) is 8.08. The van der Waals surface area contributed by atoms with Gasteiger partial charge in [0.05, 0.1) is 24.7 Å². The average Bonchev–Trinajstić information content (AvgIpc) is 3.20. The van der Waals surface area contributed by atoms with Crippen molar-refractivity contribution in [3.8, 4) is 5.75 Å². The van der Waals surface area contributed by atoms with E-state index in [2.05, 4.69) is 0 Å². The summed E-state index contributed by atoms with van der Waals surface area (Å²) in [5.74, 6) is -1.68. The van der Waals surface area contributed by atoms with Gasteiger partial charge in [0.2, 0.25) is 11.7 Å². The summed E-state index contributed by atoms with van der Waals surface area (Å²) in [6, 6.07) is 13.0. The number of benzene rings is 2. The SMILES string of the molecule is COc1ccc(C(=O)[C@H](C)OC(=O)[C@H]2CC(=O)N(c3ccc(C(=O)OC(C)C)cc3)C2)cc1. The summed E-state index contributed by atoms with van der Waals surface area (Å²) in [7, 11) is 1.53. The van der Waals surface area contributed by atoms with E-state index in [1.54, 1.807) is 62.4 Å². The van der Waals surface area contributed by atoms with E-state index in [0.717, 1.165) is 0 Å². The molecule has 2 atom stereocenters. The maximum absolute atomic E-state index is 12.6. The maximum atomic E-state index is 12.6. The van der Waals surface area contributed by atoms with Crippen molar-refractivity contribution in [3.63, 3.8) is 0 Å². The molecular weight excluding hydrogens is 426 g/mol. The minimum Gasteiger partial charge on any atom is -0.497 e. The van der Waals surface area contributed by atoms with E-state index in [0.29, 0.717) is 22.6 Å². The third-order valence-corrected chi connectivity index (χ3v) is 5.25. The molecule has 1 amide bonds. The zero-order valence-electron chi connectivity index (χ0n) is 19.1. The number of ether oxygens (including phenoxy) is 3. The number of carbonyl (C=O) groups excluding carboxylic acids is 4. The molecule has 1 saturated heterocycles. The van der Waals surface area contributed by atoms with Gasteiger partial charge in [0.25, 0.3) is 0 Å². The van der Waals surface area contributed by atoms with Gasteiger partial charge in [-0.1, -0.05) is 0 Å². The number of rotatable bonds is 8. The largest absolute Gasteiger partial charge is 0.497 e. The summed E-state index contributed by atoms with van der Waals surface area (Å²) in [4.78, 5) is 51.2. The number of amides is 1. The zero-order valence-corrected chi connectivity index (χ0v) is 19.1. The van der Waals surface area contributed by atoms with E-state index >= 15 is 0 Å². The fraction of sp³-hybridized carbons (Fsp3) is 0.360. The van der Waals surface area contributed by atoms with Crippen LogP contribution in [0.25, 0.3) is 0 Å². The van der Waals surface area contributed by atoms with Crippen LogP contribution in [0.3, 0.4) is 0 Å². The summed E-state index contributed by atoms with van der Waals surface area (Å²) in [5, 5.41) is 0. The summed E-state index contributed by atoms with van der Waals surface area (Å²) in [6.07, 6.45) is -1.23. The molecule has 1 aliphatic heterocycles. The molecule has 0 spiro atoms. The van der Waals surface area contributed by atoms with Crippen molar-refractivity contribution >= 4 is 29.3 Å². The first-order valence-corrected chi connectivity index (χ1v) is 10.7.